The third-order valence-corrected chi connectivity index (χ3v) is 8.72. The molecule has 1 unspecified atom stereocenters. The minimum atomic E-state index is -3.65. The molecule has 1 aliphatic heterocycles. The molecule has 1 N–H and O–H groups in total. The summed E-state index contributed by atoms with van der Waals surface area (Å²) in [6, 6.07) is 21.8. The van der Waals surface area contributed by atoms with Crippen molar-refractivity contribution >= 4 is 27.5 Å². The highest BCUT2D eigenvalue weighted by Crippen LogP contribution is 2.35. The number of benzene rings is 3. The van der Waals surface area contributed by atoms with Crippen molar-refractivity contribution in [2.24, 2.45) is 5.92 Å². The zero-order chi connectivity index (χ0) is 31.7. The molecule has 0 fully saturated rings. The van der Waals surface area contributed by atoms with E-state index in [0.29, 0.717) is 43.4 Å². The van der Waals surface area contributed by atoms with Gasteiger partial charge in [-0.25, -0.2) is 8.42 Å². The monoisotopic (exact) mass is 621 g/mol. The van der Waals surface area contributed by atoms with Gasteiger partial charge in [0.1, 0.15) is 19.3 Å². The molecular formula is C34H43N3O6S. The van der Waals surface area contributed by atoms with Gasteiger partial charge in [0.15, 0.2) is 11.5 Å². The molecule has 3 aromatic rings. The van der Waals surface area contributed by atoms with Crippen molar-refractivity contribution in [1.82, 2.24) is 10.2 Å². The van der Waals surface area contributed by atoms with Gasteiger partial charge in [-0.2, -0.15) is 0 Å². The Hall–Kier alpha value is -4.05. The van der Waals surface area contributed by atoms with E-state index in [0.717, 1.165) is 22.9 Å². The normalized spacial score (nSPS) is 13.3. The summed E-state index contributed by atoms with van der Waals surface area (Å²) in [5.74, 6) is 0.872. The molecule has 0 radical (unpaired) electrons. The predicted molar refractivity (Wildman–Crippen MR) is 172 cm³/mol. The van der Waals surface area contributed by atoms with Crippen LogP contribution >= 0.6 is 0 Å². The predicted octanol–water partition coefficient (Wildman–Crippen LogP) is 4.72. The lowest BCUT2D eigenvalue weighted by Crippen LogP contribution is -2.51. The molecule has 4 rings (SSSR count). The van der Waals surface area contributed by atoms with Gasteiger partial charge in [0.2, 0.25) is 21.8 Å². The van der Waals surface area contributed by atoms with Crippen molar-refractivity contribution < 1.29 is 27.5 Å². The van der Waals surface area contributed by atoms with E-state index in [1.807, 2.05) is 75.4 Å². The van der Waals surface area contributed by atoms with Crippen LogP contribution < -0.4 is 19.1 Å². The third kappa shape index (κ3) is 8.98. The molecule has 3 aromatic carbocycles. The van der Waals surface area contributed by atoms with Crippen LogP contribution in [0, 0.1) is 12.8 Å². The van der Waals surface area contributed by atoms with Gasteiger partial charge < -0.3 is 19.7 Å². The number of hydrogen-bond acceptors (Lipinski definition) is 6. The highest BCUT2D eigenvalue weighted by Gasteiger charge is 2.31. The number of aryl methyl sites for hydroxylation is 1. The zero-order valence-electron chi connectivity index (χ0n) is 26.0. The maximum atomic E-state index is 14.0. The maximum Gasteiger partial charge on any atom is 0.243 e. The fourth-order valence-electron chi connectivity index (χ4n) is 5.14. The number of rotatable bonds is 14. The first-order valence-electron chi connectivity index (χ1n) is 15.1. The van der Waals surface area contributed by atoms with E-state index in [9.17, 15) is 18.0 Å². The second-order valence-corrected chi connectivity index (χ2v) is 13.5. The Morgan fingerprint density at radius 2 is 1.61 bits per heavy atom. The van der Waals surface area contributed by atoms with Crippen molar-refractivity contribution in [2.75, 3.05) is 36.9 Å². The number of amides is 2. The van der Waals surface area contributed by atoms with Crippen LogP contribution in [0.3, 0.4) is 0 Å². The molecule has 0 aromatic heterocycles. The maximum absolute atomic E-state index is 14.0. The van der Waals surface area contributed by atoms with Gasteiger partial charge in [-0.3, -0.25) is 13.9 Å². The average Bonchev–Trinajstić information content (AvgIpc) is 3.00. The van der Waals surface area contributed by atoms with E-state index in [-0.39, 0.29) is 43.7 Å². The van der Waals surface area contributed by atoms with Gasteiger partial charge in [-0.05, 0) is 48.1 Å². The molecule has 2 amide bonds. The third-order valence-electron chi connectivity index (χ3n) is 7.52. The fourth-order valence-corrected chi connectivity index (χ4v) is 6.10. The Morgan fingerprint density at radius 3 is 2.30 bits per heavy atom. The molecule has 10 heteroatoms. The quantitative estimate of drug-likeness (QED) is 0.279. The van der Waals surface area contributed by atoms with E-state index in [2.05, 4.69) is 5.32 Å². The summed E-state index contributed by atoms with van der Waals surface area (Å²) in [7, 11) is -3.65. The van der Waals surface area contributed by atoms with Crippen molar-refractivity contribution in [1.29, 1.82) is 0 Å². The highest BCUT2D eigenvalue weighted by atomic mass is 32.2. The van der Waals surface area contributed by atoms with Crippen LogP contribution in [-0.4, -0.2) is 63.7 Å². The van der Waals surface area contributed by atoms with Crippen molar-refractivity contribution in [2.45, 2.75) is 52.6 Å². The van der Waals surface area contributed by atoms with Gasteiger partial charge in [0.05, 0.1) is 11.9 Å². The van der Waals surface area contributed by atoms with E-state index >= 15 is 0 Å². The summed E-state index contributed by atoms with van der Waals surface area (Å²) in [5, 5.41) is 3.04. The minimum Gasteiger partial charge on any atom is -0.486 e. The smallest absolute Gasteiger partial charge is 0.243 e. The van der Waals surface area contributed by atoms with Crippen LogP contribution in [-0.2, 0) is 32.6 Å². The number of carbonyl (C=O) groups excluding carboxylic acids is 2. The van der Waals surface area contributed by atoms with Crippen molar-refractivity contribution in [3.8, 4) is 11.5 Å². The number of fused-ring (bicyclic) bond motifs is 1. The summed E-state index contributed by atoms with van der Waals surface area (Å²) >= 11 is 0. The Kier molecular flexibility index (Phi) is 11.3. The van der Waals surface area contributed by atoms with Crippen molar-refractivity contribution in [3.63, 3.8) is 0 Å². The van der Waals surface area contributed by atoms with Crippen LogP contribution in [0.5, 0.6) is 11.5 Å². The molecule has 1 aliphatic rings. The van der Waals surface area contributed by atoms with Gasteiger partial charge >= 0.3 is 0 Å². The molecule has 236 valence electrons. The van der Waals surface area contributed by atoms with Gasteiger partial charge in [-0.1, -0.05) is 68.4 Å². The number of carbonyl (C=O) groups is 2. The first-order valence-corrected chi connectivity index (χ1v) is 16.9. The summed E-state index contributed by atoms with van der Waals surface area (Å²) < 4.78 is 38.2. The van der Waals surface area contributed by atoms with E-state index in [4.69, 9.17) is 9.47 Å². The number of ether oxygens (including phenoxy) is 2. The highest BCUT2D eigenvalue weighted by molar-refractivity contribution is 7.92. The van der Waals surface area contributed by atoms with Crippen LogP contribution in [0.1, 0.15) is 43.4 Å². The van der Waals surface area contributed by atoms with E-state index in [1.165, 1.54) is 4.31 Å². The molecular weight excluding hydrogens is 578 g/mol. The number of sulfonamides is 1. The number of nitrogens with one attached hydrogen (secondary N) is 1. The zero-order valence-corrected chi connectivity index (χ0v) is 26.8. The average molecular weight is 622 g/mol. The molecule has 0 spiro atoms. The molecule has 0 saturated heterocycles. The van der Waals surface area contributed by atoms with Crippen molar-refractivity contribution in [3.05, 3.63) is 89.5 Å². The summed E-state index contributed by atoms with van der Waals surface area (Å²) in [4.78, 5) is 29.4. The van der Waals surface area contributed by atoms with Crippen LogP contribution in [0.2, 0.25) is 0 Å². The summed E-state index contributed by atoms with van der Waals surface area (Å²) in [6.07, 6.45) is 1.82. The second-order valence-electron chi connectivity index (χ2n) is 11.6. The van der Waals surface area contributed by atoms with Gasteiger partial charge in [-0.15, -0.1) is 0 Å². The first-order chi connectivity index (χ1) is 21.0. The molecule has 0 aliphatic carbocycles. The molecule has 1 atom stereocenters. The lowest BCUT2D eigenvalue weighted by Gasteiger charge is -2.32. The number of nitrogens with zero attached hydrogens (tertiary/aromatic N) is 2. The molecule has 0 bridgehead atoms. The largest absolute Gasteiger partial charge is 0.486 e. The summed E-state index contributed by atoms with van der Waals surface area (Å²) in [5.41, 5.74) is 3.36. The summed E-state index contributed by atoms with van der Waals surface area (Å²) in [6.45, 7) is 7.70. The first kappa shape index (κ1) is 32.9. The SMILES string of the molecule is Cc1ccccc1CN(C(=O)CCCN(c1ccc2c(c1)OCCO2)S(C)(=O)=O)C(Cc1ccccc1)C(=O)NCC(C)C. The lowest BCUT2D eigenvalue weighted by atomic mass is 10.0. The lowest BCUT2D eigenvalue weighted by molar-refractivity contribution is -0.141. The fraction of sp³-hybridized carbons (Fsp3) is 0.412. The Morgan fingerprint density at radius 1 is 0.932 bits per heavy atom. The van der Waals surface area contributed by atoms with E-state index < -0.39 is 16.1 Å². The Balaban J connectivity index is 1.58. The van der Waals surface area contributed by atoms with E-state index in [1.54, 1.807) is 23.1 Å². The van der Waals surface area contributed by atoms with Crippen LogP contribution in [0.25, 0.3) is 0 Å². The second kappa shape index (κ2) is 15.1. The molecule has 1 heterocycles. The van der Waals surface area contributed by atoms with Gasteiger partial charge in [0.25, 0.3) is 0 Å². The molecule has 44 heavy (non-hydrogen) atoms. The number of anilines is 1. The minimum absolute atomic E-state index is 0.0607. The van der Waals surface area contributed by atoms with Gasteiger partial charge in [0, 0.05) is 38.5 Å². The number of hydrogen-bond donors (Lipinski definition) is 1. The standard InChI is InChI=1S/C34H43N3O6S/c1-25(2)23-35-34(39)30(21-27-12-6-5-7-13-27)36(24-28-14-9-8-11-26(28)3)33(38)15-10-18-37(44(4,40)41)29-16-17-31-32(22-29)43-20-19-42-31/h5-9,11-14,16-17,22,25,30H,10,15,18-21,23-24H2,1-4H3,(H,35,39). The topological polar surface area (TPSA) is 105 Å². The molecule has 9 nitrogen and oxygen atoms in total. The van der Waals surface area contributed by atoms with Crippen LogP contribution in [0.15, 0.2) is 72.8 Å². The van der Waals surface area contributed by atoms with Crippen LogP contribution in [0.4, 0.5) is 5.69 Å². The Bertz CT molecular complexity index is 1530. The Labute approximate surface area is 261 Å². The molecule has 0 saturated carbocycles.